The van der Waals surface area contributed by atoms with Crippen molar-refractivity contribution in [3.05, 3.63) is 108 Å². The Morgan fingerprint density at radius 1 is 1.11 bits per heavy atom. The van der Waals surface area contributed by atoms with Crippen molar-refractivity contribution in [2.45, 2.75) is 13.8 Å². The number of fused-ring (bicyclic) bond motifs is 1. The summed E-state index contributed by atoms with van der Waals surface area (Å²) < 4.78 is 0. The molecule has 5 rings (SSSR count). The topological polar surface area (TPSA) is 103 Å². The van der Waals surface area contributed by atoms with E-state index in [1.54, 1.807) is 12.4 Å². The number of nitrogens with one attached hydrogen (secondary N) is 5. The predicted molar refractivity (Wildman–Crippen MR) is 146 cm³/mol. The Kier molecular flexibility index (Phi) is 6.48. The van der Waals surface area contributed by atoms with Crippen LogP contribution in [0.2, 0.25) is 0 Å². The molecule has 1 aliphatic rings. The largest absolute Gasteiger partial charge is 0.381 e. The number of benzene rings is 2. The van der Waals surface area contributed by atoms with E-state index in [0.717, 1.165) is 50.4 Å². The number of aromatic amines is 1. The summed E-state index contributed by atoms with van der Waals surface area (Å²) in [5.41, 5.74) is 14.2. The summed E-state index contributed by atoms with van der Waals surface area (Å²) in [7, 11) is 0. The fourth-order valence-corrected chi connectivity index (χ4v) is 3.91. The Balaban J connectivity index is 1.27. The maximum atomic E-state index is 4.73. The third-order valence-corrected chi connectivity index (χ3v) is 5.88. The van der Waals surface area contributed by atoms with E-state index in [0.29, 0.717) is 12.4 Å². The number of aryl methyl sites for hydroxylation is 1. The molecule has 0 spiro atoms. The fourth-order valence-electron chi connectivity index (χ4n) is 3.91. The van der Waals surface area contributed by atoms with Gasteiger partial charge in [0.25, 0.3) is 0 Å². The van der Waals surface area contributed by atoms with Crippen molar-refractivity contribution < 1.29 is 0 Å². The molecule has 0 atom stereocenters. The van der Waals surface area contributed by atoms with Crippen molar-refractivity contribution in [1.82, 2.24) is 36.3 Å². The minimum Gasteiger partial charge on any atom is -0.381 e. The number of anilines is 2. The molecule has 36 heavy (non-hydrogen) atoms. The highest BCUT2D eigenvalue weighted by Crippen LogP contribution is 2.24. The van der Waals surface area contributed by atoms with Crippen LogP contribution in [-0.4, -0.2) is 26.7 Å². The normalized spacial score (nSPS) is 13.1. The zero-order valence-electron chi connectivity index (χ0n) is 20.3. The van der Waals surface area contributed by atoms with Gasteiger partial charge in [-0.05, 0) is 61.4 Å². The van der Waals surface area contributed by atoms with Crippen LogP contribution in [0.3, 0.4) is 0 Å². The van der Waals surface area contributed by atoms with Gasteiger partial charge in [0.05, 0.1) is 11.7 Å². The van der Waals surface area contributed by atoms with Gasteiger partial charge < -0.3 is 21.5 Å². The summed E-state index contributed by atoms with van der Waals surface area (Å²) in [4.78, 5) is 9.23. The third kappa shape index (κ3) is 5.28. The van der Waals surface area contributed by atoms with Crippen LogP contribution in [0.1, 0.15) is 18.1 Å². The second-order valence-corrected chi connectivity index (χ2v) is 8.68. The molecule has 1 aliphatic heterocycles. The van der Waals surface area contributed by atoms with Crippen LogP contribution in [0.4, 0.5) is 11.5 Å². The molecule has 3 heterocycles. The monoisotopic (exact) mass is 476 g/mol. The molecule has 0 radical (unpaired) electrons. The van der Waals surface area contributed by atoms with E-state index in [2.05, 4.69) is 81.4 Å². The highest BCUT2D eigenvalue weighted by molar-refractivity contribution is 5.82. The third-order valence-electron chi connectivity index (χ3n) is 5.88. The summed E-state index contributed by atoms with van der Waals surface area (Å²) in [5.74, 6) is 1.41. The highest BCUT2D eigenvalue weighted by Gasteiger charge is 2.07. The molecule has 180 valence electrons. The Morgan fingerprint density at radius 3 is 2.86 bits per heavy atom. The fraction of sp³-hybridized carbons (Fsp3) is 0.107. The maximum Gasteiger partial charge on any atom is 0.161 e. The molecule has 2 aromatic heterocycles. The van der Waals surface area contributed by atoms with Gasteiger partial charge in [0, 0.05) is 53.0 Å². The van der Waals surface area contributed by atoms with E-state index in [4.69, 9.17) is 4.98 Å². The summed E-state index contributed by atoms with van der Waals surface area (Å²) in [6, 6.07) is 14.2. The van der Waals surface area contributed by atoms with Gasteiger partial charge in [-0.3, -0.25) is 5.10 Å². The highest BCUT2D eigenvalue weighted by atomic mass is 15.3. The lowest BCUT2D eigenvalue weighted by molar-refractivity contribution is 0.753. The molecule has 0 saturated heterocycles. The van der Waals surface area contributed by atoms with Crippen LogP contribution >= 0.6 is 0 Å². The molecular formula is C28H28N8. The number of H-pyrrole nitrogens is 1. The lowest BCUT2D eigenvalue weighted by Crippen LogP contribution is -2.26. The molecule has 8 heteroatoms. The molecule has 0 amide bonds. The smallest absolute Gasteiger partial charge is 0.161 e. The van der Waals surface area contributed by atoms with Gasteiger partial charge in [0.15, 0.2) is 5.82 Å². The molecule has 0 unspecified atom stereocenters. The minimum atomic E-state index is 0.676. The lowest BCUT2D eigenvalue weighted by Gasteiger charge is -2.15. The summed E-state index contributed by atoms with van der Waals surface area (Å²) in [5, 5.41) is 14.8. The average molecular weight is 477 g/mol. The first-order valence-corrected chi connectivity index (χ1v) is 11.7. The van der Waals surface area contributed by atoms with Gasteiger partial charge in [0.1, 0.15) is 5.82 Å². The van der Waals surface area contributed by atoms with Crippen LogP contribution in [0, 0.1) is 6.92 Å². The van der Waals surface area contributed by atoms with Crippen LogP contribution in [0.25, 0.3) is 28.4 Å². The first-order chi connectivity index (χ1) is 17.5. The Morgan fingerprint density at radius 2 is 2.03 bits per heavy atom. The first kappa shape index (κ1) is 22.9. The molecular weight excluding hydrogens is 448 g/mol. The number of hydrazine groups is 1. The maximum absolute atomic E-state index is 4.73. The Labute approximate surface area is 209 Å². The van der Waals surface area contributed by atoms with Gasteiger partial charge in [0.2, 0.25) is 0 Å². The molecule has 5 N–H and O–H groups in total. The number of hydrogen-bond donors (Lipinski definition) is 5. The molecule has 2 aromatic carbocycles. The Bertz CT molecular complexity index is 1510. The quantitative estimate of drug-likeness (QED) is 0.242. The molecule has 4 aromatic rings. The molecule has 0 bridgehead atoms. The molecule has 0 fully saturated rings. The van der Waals surface area contributed by atoms with E-state index in [-0.39, 0.29) is 0 Å². The Hall–Kier alpha value is -4.85. The van der Waals surface area contributed by atoms with Crippen molar-refractivity contribution in [1.29, 1.82) is 0 Å². The minimum absolute atomic E-state index is 0.676. The molecule has 0 saturated carbocycles. The molecule has 8 nitrogen and oxygen atoms in total. The molecule has 0 aliphatic carbocycles. The summed E-state index contributed by atoms with van der Waals surface area (Å²) in [6.45, 7) is 9.04. The number of hydrogen-bond acceptors (Lipinski definition) is 7. The summed E-state index contributed by atoms with van der Waals surface area (Å²) in [6.07, 6.45) is 11.5. The SMILES string of the molecule is C=C(NC/C(C)=C/c1ccc(-c2nccc(Nc3ccc4[nH]ncc4c3)n2)cc1C)C1=CNNC=C1. The van der Waals surface area contributed by atoms with Crippen molar-refractivity contribution in [2.75, 3.05) is 11.9 Å². The van der Waals surface area contributed by atoms with Crippen molar-refractivity contribution in [2.24, 2.45) is 0 Å². The number of rotatable bonds is 8. The summed E-state index contributed by atoms with van der Waals surface area (Å²) >= 11 is 0. The lowest BCUT2D eigenvalue weighted by atomic mass is 10.0. The van der Waals surface area contributed by atoms with Crippen LogP contribution in [-0.2, 0) is 0 Å². The standard InChI is InChI=1S/C28H28N8/c1-18(15-30-20(3)23-8-11-31-32-16-23)12-21-4-5-22(13-19(21)2)28-29-10-9-27(35-28)34-25-6-7-26-24(14-25)17-33-36-26/h4-14,16-17,30-32H,3,15H2,1-2H3,(H,33,36)(H,29,34,35)/b18-12+. The van der Waals surface area contributed by atoms with Gasteiger partial charge in [-0.1, -0.05) is 30.4 Å². The van der Waals surface area contributed by atoms with Gasteiger partial charge in [-0.15, -0.1) is 0 Å². The van der Waals surface area contributed by atoms with Gasteiger partial charge >= 0.3 is 0 Å². The van der Waals surface area contributed by atoms with Crippen molar-refractivity contribution in [3.8, 4) is 11.4 Å². The van der Waals surface area contributed by atoms with E-state index >= 15 is 0 Å². The van der Waals surface area contributed by atoms with E-state index in [1.807, 2.05) is 42.7 Å². The van der Waals surface area contributed by atoms with E-state index in [9.17, 15) is 0 Å². The van der Waals surface area contributed by atoms with Crippen LogP contribution in [0.15, 0.2) is 96.8 Å². The van der Waals surface area contributed by atoms with Gasteiger partial charge in [-0.25, -0.2) is 9.97 Å². The number of aromatic nitrogens is 4. The first-order valence-electron chi connectivity index (χ1n) is 11.7. The predicted octanol–water partition coefficient (Wildman–Crippen LogP) is 5.08. The number of nitrogens with zero attached hydrogens (tertiary/aromatic N) is 3. The zero-order chi connectivity index (χ0) is 24.9. The second kappa shape index (κ2) is 10.2. The number of allylic oxidation sites excluding steroid dienone is 1. The van der Waals surface area contributed by atoms with Crippen molar-refractivity contribution >= 4 is 28.5 Å². The van der Waals surface area contributed by atoms with Crippen molar-refractivity contribution in [3.63, 3.8) is 0 Å². The van der Waals surface area contributed by atoms with E-state index < -0.39 is 0 Å². The van der Waals surface area contributed by atoms with Gasteiger partial charge in [-0.2, -0.15) is 5.10 Å². The second-order valence-electron chi connectivity index (χ2n) is 8.68. The van der Waals surface area contributed by atoms with Crippen LogP contribution < -0.4 is 21.5 Å². The van der Waals surface area contributed by atoms with Crippen LogP contribution in [0.5, 0.6) is 0 Å². The zero-order valence-corrected chi connectivity index (χ0v) is 20.3. The van der Waals surface area contributed by atoms with E-state index in [1.165, 1.54) is 5.57 Å². The average Bonchev–Trinajstić information content (AvgIpc) is 3.37.